The minimum atomic E-state index is -0.473. The maximum absolute atomic E-state index is 13.3. The molecule has 35 heavy (non-hydrogen) atoms. The first-order chi connectivity index (χ1) is 16.8. The molecule has 2 aromatic carbocycles. The van der Waals surface area contributed by atoms with E-state index >= 15 is 0 Å². The zero-order valence-electron chi connectivity index (χ0n) is 19.7. The SMILES string of the molecule is CCOC(=O)c1cccc(NC(=O)Cn2ncc3c(C)n(Cc4ccccc4Cl)c(C)c3c2=O)c1. The zero-order valence-corrected chi connectivity index (χ0v) is 20.4. The Bertz CT molecular complexity index is 1490. The number of ether oxygens (including phenoxy) is 1. The molecule has 8 nitrogen and oxygen atoms in total. The fourth-order valence-electron chi connectivity index (χ4n) is 4.07. The van der Waals surface area contributed by atoms with E-state index in [2.05, 4.69) is 10.4 Å². The minimum Gasteiger partial charge on any atom is -0.462 e. The lowest BCUT2D eigenvalue weighted by atomic mass is 10.2. The van der Waals surface area contributed by atoms with Gasteiger partial charge in [0.25, 0.3) is 5.56 Å². The number of amides is 1. The molecule has 0 aliphatic carbocycles. The Morgan fingerprint density at radius 3 is 2.60 bits per heavy atom. The Kier molecular flexibility index (Phi) is 7.02. The number of fused-ring (bicyclic) bond motifs is 1. The summed E-state index contributed by atoms with van der Waals surface area (Å²) in [6, 6.07) is 14.0. The quantitative estimate of drug-likeness (QED) is 0.387. The van der Waals surface area contributed by atoms with Crippen molar-refractivity contribution >= 4 is 39.9 Å². The number of nitrogens with zero attached hydrogens (tertiary/aromatic N) is 3. The van der Waals surface area contributed by atoms with Crippen LogP contribution in [0.1, 0.15) is 34.2 Å². The molecular weight excluding hydrogens is 468 g/mol. The van der Waals surface area contributed by atoms with Crippen molar-refractivity contribution in [3.63, 3.8) is 0 Å². The number of anilines is 1. The summed E-state index contributed by atoms with van der Waals surface area (Å²) in [5, 5.41) is 8.84. The van der Waals surface area contributed by atoms with Gasteiger partial charge in [-0.15, -0.1) is 0 Å². The van der Waals surface area contributed by atoms with Gasteiger partial charge in [0.2, 0.25) is 5.91 Å². The van der Waals surface area contributed by atoms with E-state index in [1.807, 2.05) is 42.7 Å². The molecule has 4 aromatic rings. The maximum atomic E-state index is 13.3. The summed E-state index contributed by atoms with van der Waals surface area (Å²) in [5.41, 5.74) is 3.02. The molecule has 180 valence electrons. The lowest BCUT2D eigenvalue weighted by Crippen LogP contribution is -2.29. The first-order valence-corrected chi connectivity index (χ1v) is 11.5. The molecule has 4 rings (SSSR count). The fourth-order valence-corrected chi connectivity index (χ4v) is 4.26. The molecule has 0 saturated heterocycles. The Balaban J connectivity index is 1.58. The van der Waals surface area contributed by atoms with Gasteiger partial charge < -0.3 is 14.6 Å². The molecule has 9 heteroatoms. The molecule has 2 aromatic heterocycles. The molecule has 0 aliphatic heterocycles. The van der Waals surface area contributed by atoms with Crippen LogP contribution >= 0.6 is 11.6 Å². The van der Waals surface area contributed by atoms with Crippen LogP contribution in [0, 0.1) is 13.8 Å². The van der Waals surface area contributed by atoms with Gasteiger partial charge in [-0.3, -0.25) is 9.59 Å². The summed E-state index contributed by atoms with van der Waals surface area (Å²) in [5.74, 6) is -0.913. The number of aromatic nitrogens is 3. The second-order valence-corrected chi connectivity index (χ2v) is 8.50. The zero-order chi connectivity index (χ0) is 25.1. The predicted molar refractivity (Wildman–Crippen MR) is 135 cm³/mol. The third-order valence-corrected chi connectivity index (χ3v) is 6.21. The number of hydrogen-bond donors (Lipinski definition) is 1. The number of carbonyl (C=O) groups excluding carboxylic acids is 2. The second-order valence-electron chi connectivity index (χ2n) is 8.09. The van der Waals surface area contributed by atoms with Gasteiger partial charge in [0, 0.05) is 34.0 Å². The Hall–Kier alpha value is -3.91. The summed E-state index contributed by atoms with van der Waals surface area (Å²) >= 11 is 6.34. The number of nitrogens with one attached hydrogen (secondary N) is 1. The number of benzene rings is 2. The monoisotopic (exact) mass is 492 g/mol. The van der Waals surface area contributed by atoms with Crippen molar-refractivity contribution in [3.05, 3.63) is 92.6 Å². The van der Waals surface area contributed by atoms with E-state index in [0.29, 0.717) is 28.2 Å². The Labute approximate surface area is 207 Å². The first kappa shape index (κ1) is 24.2. The van der Waals surface area contributed by atoms with E-state index in [1.165, 1.54) is 6.07 Å². The largest absolute Gasteiger partial charge is 0.462 e. The van der Waals surface area contributed by atoms with Crippen molar-refractivity contribution in [2.45, 2.75) is 33.9 Å². The molecule has 0 spiro atoms. The first-order valence-electron chi connectivity index (χ1n) is 11.2. The topological polar surface area (TPSA) is 95.2 Å². The van der Waals surface area contributed by atoms with Crippen LogP contribution in [0.4, 0.5) is 5.69 Å². The van der Waals surface area contributed by atoms with Gasteiger partial charge in [-0.05, 0) is 50.6 Å². The summed E-state index contributed by atoms with van der Waals surface area (Å²) < 4.78 is 8.16. The molecule has 0 aliphatic rings. The number of esters is 1. The van der Waals surface area contributed by atoms with Crippen LogP contribution in [-0.2, 0) is 22.6 Å². The summed E-state index contributed by atoms with van der Waals surface area (Å²) in [7, 11) is 0. The average molecular weight is 493 g/mol. The van der Waals surface area contributed by atoms with Crippen LogP contribution in [0.25, 0.3) is 10.8 Å². The van der Waals surface area contributed by atoms with Crippen molar-refractivity contribution in [2.75, 3.05) is 11.9 Å². The van der Waals surface area contributed by atoms with Crippen LogP contribution in [0.2, 0.25) is 5.02 Å². The summed E-state index contributed by atoms with van der Waals surface area (Å²) in [6.07, 6.45) is 1.61. The molecule has 0 saturated carbocycles. The van der Waals surface area contributed by atoms with Gasteiger partial charge in [-0.1, -0.05) is 35.9 Å². The lowest BCUT2D eigenvalue weighted by Gasteiger charge is -2.10. The minimum absolute atomic E-state index is 0.255. The standard InChI is InChI=1S/C26H25ClN4O4/c1-4-35-26(34)18-9-7-10-20(12-18)29-23(32)15-31-25(33)24-17(3)30(16(2)21(24)13-28-31)14-19-8-5-6-11-22(19)27/h5-13H,4,14-15H2,1-3H3,(H,29,32). The van der Waals surface area contributed by atoms with Crippen molar-refractivity contribution in [3.8, 4) is 0 Å². The van der Waals surface area contributed by atoms with Crippen molar-refractivity contribution in [1.29, 1.82) is 0 Å². The van der Waals surface area contributed by atoms with Gasteiger partial charge in [-0.25, -0.2) is 9.48 Å². The molecule has 0 bridgehead atoms. The van der Waals surface area contributed by atoms with Gasteiger partial charge in [0.05, 0.1) is 23.8 Å². The van der Waals surface area contributed by atoms with Crippen molar-refractivity contribution < 1.29 is 14.3 Å². The lowest BCUT2D eigenvalue weighted by molar-refractivity contribution is -0.117. The summed E-state index contributed by atoms with van der Waals surface area (Å²) in [4.78, 5) is 37.9. The molecule has 1 N–H and O–H groups in total. The normalized spacial score (nSPS) is 11.0. The number of carbonyl (C=O) groups is 2. The highest BCUT2D eigenvalue weighted by atomic mass is 35.5. The van der Waals surface area contributed by atoms with E-state index in [0.717, 1.165) is 27.0 Å². The molecular formula is C26H25ClN4O4. The highest BCUT2D eigenvalue weighted by Gasteiger charge is 2.18. The number of hydrogen-bond acceptors (Lipinski definition) is 5. The fraction of sp³-hybridized carbons (Fsp3) is 0.231. The third-order valence-electron chi connectivity index (χ3n) is 5.84. The summed E-state index contributed by atoms with van der Waals surface area (Å²) in [6.45, 7) is 6.03. The maximum Gasteiger partial charge on any atom is 0.338 e. The van der Waals surface area contributed by atoms with Crippen LogP contribution in [0.15, 0.2) is 59.5 Å². The van der Waals surface area contributed by atoms with Gasteiger partial charge in [0.15, 0.2) is 0 Å². The highest BCUT2D eigenvalue weighted by molar-refractivity contribution is 6.31. The Morgan fingerprint density at radius 1 is 1.09 bits per heavy atom. The van der Waals surface area contributed by atoms with Crippen LogP contribution in [0.5, 0.6) is 0 Å². The molecule has 0 radical (unpaired) electrons. The van der Waals surface area contributed by atoms with Crippen LogP contribution in [0.3, 0.4) is 0 Å². The number of aryl methyl sites for hydroxylation is 2. The second kappa shape index (κ2) is 10.1. The average Bonchev–Trinajstić information content (AvgIpc) is 3.07. The molecule has 0 fully saturated rings. The molecule has 1 amide bonds. The molecule has 0 atom stereocenters. The van der Waals surface area contributed by atoms with E-state index in [1.54, 1.807) is 31.3 Å². The van der Waals surface area contributed by atoms with E-state index in [-0.39, 0.29) is 18.7 Å². The van der Waals surface area contributed by atoms with Crippen molar-refractivity contribution in [1.82, 2.24) is 14.3 Å². The van der Waals surface area contributed by atoms with Crippen LogP contribution < -0.4 is 10.9 Å². The predicted octanol–water partition coefficient (Wildman–Crippen LogP) is 4.33. The molecule has 0 unspecified atom stereocenters. The van der Waals surface area contributed by atoms with Gasteiger partial charge in [0.1, 0.15) is 6.54 Å². The third kappa shape index (κ3) is 4.97. The Morgan fingerprint density at radius 2 is 1.86 bits per heavy atom. The number of rotatable bonds is 7. The van der Waals surface area contributed by atoms with Crippen molar-refractivity contribution in [2.24, 2.45) is 0 Å². The van der Waals surface area contributed by atoms with E-state index < -0.39 is 11.9 Å². The molecule has 2 heterocycles. The smallest absolute Gasteiger partial charge is 0.338 e. The van der Waals surface area contributed by atoms with Gasteiger partial charge >= 0.3 is 5.97 Å². The van der Waals surface area contributed by atoms with Gasteiger partial charge in [-0.2, -0.15) is 5.10 Å². The highest BCUT2D eigenvalue weighted by Crippen LogP contribution is 2.25. The van der Waals surface area contributed by atoms with E-state index in [9.17, 15) is 14.4 Å². The van der Waals surface area contributed by atoms with Crippen LogP contribution in [-0.4, -0.2) is 32.8 Å². The van der Waals surface area contributed by atoms with E-state index in [4.69, 9.17) is 16.3 Å². The number of halogens is 1.